The summed E-state index contributed by atoms with van der Waals surface area (Å²) >= 11 is 7.54. The summed E-state index contributed by atoms with van der Waals surface area (Å²) in [5.41, 5.74) is 0.745. The molecule has 0 aliphatic carbocycles. The molecule has 2 atom stereocenters. The van der Waals surface area contributed by atoms with Crippen molar-refractivity contribution < 1.29 is 23.9 Å². The van der Waals surface area contributed by atoms with Gasteiger partial charge in [-0.25, -0.2) is 9.59 Å². The van der Waals surface area contributed by atoms with E-state index < -0.39 is 23.6 Å². The van der Waals surface area contributed by atoms with Crippen LogP contribution in [0.5, 0.6) is 0 Å². The lowest BCUT2D eigenvalue weighted by Gasteiger charge is -2.37. The summed E-state index contributed by atoms with van der Waals surface area (Å²) in [6, 6.07) is 6.41. The van der Waals surface area contributed by atoms with Crippen LogP contribution in [0.25, 0.3) is 0 Å². The van der Waals surface area contributed by atoms with Gasteiger partial charge in [0.2, 0.25) is 0 Å². The highest BCUT2D eigenvalue weighted by Crippen LogP contribution is 2.35. The van der Waals surface area contributed by atoms with Crippen molar-refractivity contribution in [3.63, 3.8) is 0 Å². The molecule has 164 valence electrons. The molecule has 0 spiro atoms. The van der Waals surface area contributed by atoms with Gasteiger partial charge >= 0.3 is 11.9 Å². The van der Waals surface area contributed by atoms with Gasteiger partial charge in [-0.2, -0.15) is 0 Å². The molecule has 6 nitrogen and oxygen atoms in total. The molecule has 1 aliphatic rings. The number of methoxy groups -OCH3 is 1. The number of halogens is 1. The molecule has 1 aromatic carbocycles. The minimum Gasteiger partial charge on any atom is -0.468 e. The normalized spacial score (nSPS) is 19.9. The molecule has 1 saturated heterocycles. The Labute approximate surface area is 186 Å². The Bertz CT molecular complexity index is 833. The summed E-state index contributed by atoms with van der Waals surface area (Å²) in [6.07, 6.45) is 2.04. The Balaban J connectivity index is 2.37. The second-order valence-corrected chi connectivity index (χ2v) is 9.84. The second-order valence-electron chi connectivity index (χ2n) is 8.06. The molecule has 0 saturated carbocycles. The highest BCUT2D eigenvalue weighted by atomic mass is 35.5. The van der Waals surface area contributed by atoms with Gasteiger partial charge in [0, 0.05) is 36.4 Å². The first-order chi connectivity index (χ1) is 14.0. The number of carbonyl (C=O) groups excluding carboxylic acids is 3. The Morgan fingerprint density at radius 1 is 1.27 bits per heavy atom. The zero-order valence-corrected chi connectivity index (χ0v) is 19.5. The summed E-state index contributed by atoms with van der Waals surface area (Å²) in [4.78, 5) is 38.7. The van der Waals surface area contributed by atoms with Crippen molar-refractivity contribution in [2.75, 3.05) is 20.2 Å². The number of rotatable bonds is 5. The van der Waals surface area contributed by atoms with E-state index in [4.69, 9.17) is 21.1 Å². The minimum atomic E-state index is -0.714. The fourth-order valence-corrected chi connectivity index (χ4v) is 4.50. The molecule has 1 aromatic rings. The van der Waals surface area contributed by atoms with E-state index in [1.807, 2.05) is 11.0 Å². The molecule has 8 heteroatoms. The fourth-order valence-electron chi connectivity index (χ4n) is 3.34. The second kappa shape index (κ2) is 10.5. The van der Waals surface area contributed by atoms with Gasteiger partial charge in [0.25, 0.3) is 0 Å². The number of hydrogen-bond acceptors (Lipinski definition) is 7. The number of nitrogens with zero attached hydrogens (tertiary/aromatic N) is 1. The number of piperidine rings is 1. The fraction of sp³-hybridized carbons (Fsp3) is 0.500. The maximum atomic E-state index is 12.6. The van der Waals surface area contributed by atoms with E-state index >= 15 is 0 Å². The third-order valence-corrected chi connectivity index (χ3v) is 5.98. The van der Waals surface area contributed by atoms with Gasteiger partial charge in [-0.1, -0.05) is 41.6 Å². The number of thioether (sulfide) groups is 1. The van der Waals surface area contributed by atoms with Crippen LogP contribution in [0.2, 0.25) is 5.02 Å². The molecule has 0 aromatic heterocycles. The number of benzene rings is 1. The van der Waals surface area contributed by atoms with Gasteiger partial charge in [0.05, 0.1) is 7.11 Å². The first kappa shape index (κ1) is 24.4. The number of likely N-dealkylation sites (tertiary alicyclic amines) is 1. The average Bonchev–Trinajstić information content (AvgIpc) is 2.63. The molecule has 0 bridgehead atoms. The van der Waals surface area contributed by atoms with Crippen molar-refractivity contribution in [1.82, 2.24) is 4.90 Å². The predicted octanol–water partition coefficient (Wildman–Crippen LogP) is 4.18. The number of ether oxygens (including phenoxy) is 2. The molecule has 2 rings (SSSR count). The van der Waals surface area contributed by atoms with Crippen LogP contribution in [0.3, 0.4) is 0 Å². The lowest BCUT2D eigenvalue weighted by molar-refractivity contribution is -0.148. The van der Waals surface area contributed by atoms with Gasteiger partial charge < -0.3 is 9.47 Å². The van der Waals surface area contributed by atoms with E-state index in [0.29, 0.717) is 30.1 Å². The molecule has 0 N–H and O–H groups in total. The standard InChI is InChI=1S/C22H28ClNO5S/c1-14(25)30-18-10-11-24(13-15(18)12-19(26)29-22(2,3)4)20(21(27)28-5)16-8-6-7-9-17(16)23/h6-9,12,18,20H,10-11,13H2,1-5H3/b15-12+/t18-,20-/m0/s1. The van der Waals surface area contributed by atoms with E-state index in [0.717, 1.165) is 5.57 Å². The maximum absolute atomic E-state index is 12.6. The molecule has 1 heterocycles. The third-order valence-electron chi connectivity index (χ3n) is 4.49. The van der Waals surface area contributed by atoms with Crippen LogP contribution in [0.1, 0.15) is 45.7 Å². The highest BCUT2D eigenvalue weighted by Gasteiger charge is 2.36. The zero-order chi connectivity index (χ0) is 22.5. The van der Waals surface area contributed by atoms with Crippen molar-refractivity contribution >= 4 is 40.4 Å². The van der Waals surface area contributed by atoms with Gasteiger partial charge in [0.15, 0.2) is 5.12 Å². The molecule has 1 aliphatic heterocycles. The van der Waals surface area contributed by atoms with Crippen molar-refractivity contribution in [1.29, 1.82) is 0 Å². The van der Waals surface area contributed by atoms with Crippen LogP contribution in [-0.2, 0) is 23.9 Å². The van der Waals surface area contributed by atoms with Gasteiger partial charge in [-0.15, -0.1) is 0 Å². The Morgan fingerprint density at radius 2 is 1.93 bits per heavy atom. The first-order valence-electron chi connectivity index (χ1n) is 9.68. The minimum absolute atomic E-state index is 0.0286. The predicted molar refractivity (Wildman–Crippen MR) is 118 cm³/mol. The number of hydrogen-bond donors (Lipinski definition) is 0. The van der Waals surface area contributed by atoms with Crippen LogP contribution in [-0.4, -0.2) is 53.0 Å². The van der Waals surface area contributed by atoms with Crippen LogP contribution >= 0.6 is 23.4 Å². The largest absolute Gasteiger partial charge is 0.468 e. The summed E-state index contributed by atoms with van der Waals surface area (Å²) in [5, 5.41) is 0.278. The third kappa shape index (κ3) is 6.86. The summed E-state index contributed by atoms with van der Waals surface area (Å²) in [7, 11) is 1.34. The molecule has 0 unspecified atom stereocenters. The van der Waals surface area contributed by atoms with Gasteiger partial charge in [-0.05, 0) is 44.4 Å². The zero-order valence-electron chi connectivity index (χ0n) is 17.9. The summed E-state index contributed by atoms with van der Waals surface area (Å²) in [5.74, 6) is -0.904. The first-order valence-corrected chi connectivity index (χ1v) is 10.9. The number of esters is 2. The van der Waals surface area contributed by atoms with E-state index in [1.165, 1.54) is 31.9 Å². The molecular weight excluding hydrogens is 426 g/mol. The van der Waals surface area contributed by atoms with E-state index in [2.05, 4.69) is 0 Å². The maximum Gasteiger partial charge on any atom is 0.331 e. The van der Waals surface area contributed by atoms with E-state index in [1.54, 1.807) is 39.0 Å². The monoisotopic (exact) mass is 453 g/mol. The molecule has 30 heavy (non-hydrogen) atoms. The lowest BCUT2D eigenvalue weighted by atomic mass is 9.98. The van der Waals surface area contributed by atoms with Gasteiger partial charge in [0.1, 0.15) is 11.6 Å². The topological polar surface area (TPSA) is 72.9 Å². The Hall–Kier alpha value is -1.83. The van der Waals surface area contributed by atoms with Crippen molar-refractivity contribution in [3.05, 3.63) is 46.5 Å². The smallest absolute Gasteiger partial charge is 0.331 e. The average molecular weight is 454 g/mol. The van der Waals surface area contributed by atoms with Crippen LogP contribution in [0.4, 0.5) is 0 Å². The quantitative estimate of drug-likeness (QED) is 0.489. The van der Waals surface area contributed by atoms with Crippen molar-refractivity contribution in [3.8, 4) is 0 Å². The van der Waals surface area contributed by atoms with Crippen LogP contribution in [0.15, 0.2) is 35.9 Å². The van der Waals surface area contributed by atoms with E-state index in [-0.39, 0.29) is 10.4 Å². The Kier molecular flexibility index (Phi) is 8.52. The Morgan fingerprint density at radius 3 is 2.50 bits per heavy atom. The molecule has 0 radical (unpaired) electrons. The van der Waals surface area contributed by atoms with Crippen molar-refractivity contribution in [2.45, 2.75) is 51.0 Å². The van der Waals surface area contributed by atoms with Gasteiger partial charge in [-0.3, -0.25) is 9.69 Å². The SMILES string of the molecule is COC(=O)[C@H](c1ccccc1Cl)N1CC[C@H](SC(C)=O)/C(=C/C(=O)OC(C)(C)C)C1. The summed E-state index contributed by atoms with van der Waals surface area (Å²) in [6.45, 7) is 7.75. The van der Waals surface area contributed by atoms with E-state index in [9.17, 15) is 14.4 Å². The van der Waals surface area contributed by atoms with Crippen LogP contribution in [0, 0.1) is 0 Å². The summed E-state index contributed by atoms with van der Waals surface area (Å²) < 4.78 is 10.5. The van der Waals surface area contributed by atoms with Crippen LogP contribution < -0.4 is 0 Å². The van der Waals surface area contributed by atoms with Crippen molar-refractivity contribution in [2.24, 2.45) is 0 Å². The highest BCUT2D eigenvalue weighted by molar-refractivity contribution is 8.14. The lowest BCUT2D eigenvalue weighted by Crippen LogP contribution is -2.43. The molecular formula is C22H28ClNO5S. The number of carbonyl (C=O) groups is 3. The molecule has 1 fully saturated rings. The molecule has 0 amide bonds.